The summed E-state index contributed by atoms with van der Waals surface area (Å²) < 4.78 is 6.95. The van der Waals surface area contributed by atoms with Crippen molar-refractivity contribution in [2.45, 2.75) is 64.8 Å². The van der Waals surface area contributed by atoms with Crippen molar-refractivity contribution in [3.8, 4) is 0 Å². The number of hydrogen-bond donors (Lipinski definition) is 0. The number of nitrogens with zero attached hydrogens (tertiary/aromatic N) is 5. The van der Waals surface area contributed by atoms with E-state index in [4.69, 9.17) is 4.74 Å². The Hall–Kier alpha value is -2.51. The molecule has 2 aliphatic rings. The second-order valence-electron chi connectivity index (χ2n) is 7.91. The Bertz CT molecular complexity index is 891. The maximum absolute atomic E-state index is 12.7. The van der Waals surface area contributed by atoms with Crippen LogP contribution in [0.15, 0.2) is 6.33 Å². The van der Waals surface area contributed by atoms with E-state index in [9.17, 15) is 9.59 Å². The van der Waals surface area contributed by atoms with Crippen LogP contribution in [0.2, 0.25) is 0 Å². The van der Waals surface area contributed by atoms with E-state index in [0.29, 0.717) is 17.7 Å². The van der Waals surface area contributed by atoms with E-state index in [-0.39, 0.29) is 18.9 Å². The number of likely N-dealkylation sites (tertiary alicyclic amines) is 1. The largest absolute Gasteiger partial charge is 0.455 e. The average Bonchev–Trinajstić information content (AvgIpc) is 3.17. The lowest BCUT2D eigenvalue weighted by molar-refractivity contribution is -0.154. The van der Waals surface area contributed by atoms with Gasteiger partial charge < -0.3 is 9.64 Å². The fraction of sp³-hybridized carbons (Fsp3) is 0.650. The summed E-state index contributed by atoms with van der Waals surface area (Å²) in [6, 6.07) is 0.331. The van der Waals surface area contributed by atoms with Crippen molar-refractivity contribution < 1.29 is 14.3 Å². The highest BCUT2D eigenvalue weighted by molar-refractivity contribution is 5.82. The predicted octanol–water partition coefficient (Wildman–Crippen LogP) is 2.01. The molecule has 0 unspecified atom stereocenters. The lowest BCUT2D eigenvalue weighted by atomic mass is 9.78. The lowest BCUT2D eigenvalue weighted by Gasteiger charge is -2.44. The lowest BCUT2D eigenvalue weighted by Crippen LogP contribution is -2.50. The molecule has 28 heavy (non-hydrogen) atoms. The van der Waals surface area contributed by atoms with E-state index in [1.807, 2.05) is 18.7 Å². The van der Waals surface area contributed by atoms with Gasteiger partial charge in [0, 0.05) is 29.5 Å². The van der Waals surface area contributed by atoms with E-state index >= 15 is 0 Å². The molecule has 0 bridgehead atoms. The fourth-order valence-electron chi connectivity index (χ4n) is 4.77. The van der Waals surface area contributed by atoms with Gasteiger partial charge in [-0.1, -0.05) is 12.8 Å². The molecule has 0 N–H and O–H groups in total. The molecule has 2 aromatic heterocycles. The molecule has 2 fully saturated rings. The topological polar surface area (TPSA) is 89.7 Å². The first-order valence-corrected chi connectivity index (χ1v) is 10.2. The number of amides is 1. The first-order chi connectivity index (χ1) is 13.5. The van der Waals surface area contributed by atoms with E-state index in [2.05, 4.69) is 15.1 Å². The number of fused-ring (bicyclic) bond motifs is 2. The van der Waals surface area contributed by atoms with Gasteiger partial charge >= 0.3 is 5.97 Å². The van der Waals surface area contributed by atoms with Crippen LogP contribution in [0.25, 0.3) is 5.78 Å². The molecule has 8 nitrogen and oxygen atoms in total. The molecular weight excluding hydrogens is 358 g/mol. The van der Waals surface area contributed by atoms with Gasteiger partial charge in [0.1, 0.15) is 6.33 Å². The summed E-state index contributed by atoms with van der Waals surface area (Å²) in [7, 11) is 0. The highest BCUT2D eigenvalue weighted by atomic mass is 16.5. The Balaban J connectivity index is 1.37. The highest BCUT2D eigenvalue weighted by Crippen LogP contribution is 2.35. The molecule has 1 saturated heterocycles. The standard InChI is InChI=1S/C20H27N5O3/c1-13-16(14(2)25-20(23-13)21-12-22-25)10-19(27)28-11-18(26)24-9-5-7-15-6-3-4-8-17(15)24/h12,15,17H,3-11H2,1-2H3/t15-,17+/m1/s1. The summed E-state index contributed by atoms with van der Waals surface area (Å²) in [5.74, 6) is 0.642. The summed E-state index contributed by atoms with van der Waals surface area (Å²) in [6.45, 7) is 4.31. The Morgan fingerprint density at radius 2 is 1.96 bits per heavy atom. The third-order valence-corrected chi connectivity index (χ3v) is 6.23. The van der Waals surface area contributed by atoms with Crippen LogP contribution in [0, 0.1) is 19.8 Å². The molecule has 4 rings (SSSR count). The molecule has 0 aromatic carbocycles. The second-order valence-corrected chi connectivity index (χ2v) is 7.91. The number of piperidine rings is 1. The number of aromatic nitrogens is 4. The minimum Gasteiger partial charge on any atom is -0.455 e. The Kier molecular flexibility index (Phi) is 5.28. The van der Waals surface area contributed by atoms with Gasteiger partial charge in [-0.25, -0.2) is 9.50 Å². The van der Waals surface area contributed by atoms with E-state index in [1.54, 1.807) is 4.52 Å². The number of carbonyl (C=O) groups is 2. The molecule has 3 heterocycles. The molecule has 0 radical (unpaired) electrons. The van der Waals surface area contributed by atoms with Crippen LogP contribution in [0.3, 0.4) is 0 Å². The first-order valence-electron chi connectivity index (χ1n) is 10.2. The predicted molar refractivity (Wildman–Crippen MR) is 102 cm³/mol. The quantitative estimate of drug-likeness (QED) is 0.748. The monoisotopic (exact) mass is 385 g/mol. The molecular formula is C20H27N5O3. The van der Waals surface area contributed by atoms with Crippen LogP contribution in [0.1, 0.15) is 55.5 Å². The zero-order valence-electron chi connectivity index (χ0n) is 16.6. The summed E-state index contributed by atoms with van der Waals surface area (Å²) >= 11 is 0. The van der Waals surface area contributed by atoms with Gasteiger partial charge in [-0.05, 0) is 45.4 Å². The number of hydrogen-bond acceptors (Lipinski definition) is 6. The van der Waals surface area contributed by atoms with Crippen LogP contribution in [0.5, 0.6) is 0 Å². The summed E-state index contributed by atoms with van der Waals surface area (Å²) in [5.41, 5.74) is 2.30. The molecule has 150 valence electrons. The number of ether oxygens (including phenoxy) is 1. The van der Waals surface area contributed by atoms with Gasteiger partial charge in [0.2, 0.25) is 0 Å². The second kappa shape index (κ2) is 7.85. The van der Waals surface area contributed by atoms with Crippen molar-refractivity contribution >= 4 is 17.7 Å². The summed E-state index contributed by atoms with van der Waals surface area (Å²) in [5, 5.41) is 4.13. The summed E-state index contributed by atoms with van der Waals surface area (Å²) in [4.78, 5) is 35.5. The number of rotatable bonds is 4. The molecule has 1 aliphatic heterocycles. The Labute approximate surface area is 164 Å². The van der Waals surface area contributed by atoms with Crippen molar-refractivity contribution in [2.24, 2.45) is 5.92 Å². The van der Waals surface area contributed by atoms with Crippen molar-refractivity contribution in [1.82, 2.24) is 24.5 Å². The first kappa shape index (κ1) is 18.8. The van der Waals surface area contributed by atoms with Gasteiger partial charge in [0.15, 0.2) is 6.61 Å². The zero-order chi connectivity index (χ0) is 19.7. The minimum absolute atomic E-state index is 0.0664. The maximum atomic E-state index is 12.7. The third kappa shape index (κ3) is 3.59. The molecule has 0 spiro atoms. The van der Waals surface area contributed by atoms with Gasteiger partial charge in [0.25, 0.3) is 11.7 Å². The van der Waals surface area contributed by atoms with Crippen LogP contribution >= 0.6 is 0 Å². The molecule has 1 aliphatic carbocycles. The van der Waals surface area contributed by atoms with Crippen molar-refractivity contribution in [2.75, 3.05) is 13.2 Å². The van der Waals surface area contributed by atoms with E-state index in [0.717, 1.165) is 36.3 Å². The third-order valence-electron chi connectivity index (χ3n) is 6.23. The van der Waals surface area contributed by atoms with Crippen molar-refractivity contribution in [3.05, 3.63) is 23.3 Å². The molecule has 8 heteroatoms. The van der Waals surface area contributed by atoms with Crippen LogP contribution in [0.4, 0.5) is 0 Å². The number of aryl methyl sites for hydroxylation is 2. The van der Waals surface area contributed by atoms with Crippen molar-refractivity contribution in [1.29, 1.82) is 0 Å². The summed E-state index contributed by atoms with van der Waals surface area (Å²) in [6.07, 6.45) is 8.50. The number of carbonyl (C=O) groups excluding carboxylic acids is 2. The Morgan fingerprint density at radius 1 is 1.18 bits per heavy atom. The smallest absolute Gasteiger partial charge is 0.310 e. The van der Waals surface area contributed by atoms with Crippen LogP contribution < -0.4 is 0 Å². The SMILES string of the molecule is Cc1nc2ncnn2c(C)c1CC(=O)OCC(=O)N1CCC[C@H]2CCCC[C@@H]21. The Morgan fingerprint density at radius 3 is 2.82 bits per heavy atom. The van der Waals surface area contributed by atoms with Crippen molar-refractivity contribution in [3.63, 3.8) is 0 Å². The van der Waals surface area contributed by atoms with Gasteiger partial charge in [0.05, 0.1) is 6.42 Å². The van der Waals surface area contributed by atoms with E-state index in [1.165, 1.54) is 32.0 Å². The fourth-order valence-corrected chi connectivity index (χ4v) is 4.77. The zero-order valence-corrected chi connectivity index (χ0v) is 16.6. The molecule has 1 saturated carbocycles. The minimum atomic E-state index is -0.419. The van der Waals surface area contributed by atoms with Crippen LogP contribution in [-0.2, 0) is 20.7 Å². The van der Waals surface area contributed by atoms with Gasteiger partial charge in [-0.2, -0.15) is 10.1 Å². The molecule has 1 amide bonds. The van der Waals surface area contributed by atoms with Gasteiger partial charge in [-0.15, -0.1) is 0 Å². The molecule has 2 aromatic rings. The number of esters is 1. The average molecular weight is 385 g/mol. The van der Waals surface area contributed by atoms with Gasteiger partial charge in [-0.3, -0.25) is 9.59 Å². The maximum Gasteiger partial charge on any atom is 0.310 e. The van der Waals surface area contributed by atoms with E-state index < -0.39 is 5.97 Å². The normalized spacial score (nSPS) is 22.1. The van der Waals surface area contributed by atoms with Crippen LogP contribution in [-0.4, -0.2) is 55.6 Å². The molecule has 2 atom stereocenters. The highest BCUT2D eigenvalue weighted by Gasteiger charge is 2.35.